The van der Waals surface area contributed by atoms with Gasteiger partial charge < -0.3 is 4.90 Å². The molecule has 0 aliphatic carbocycles. The van der Waals surface area contributed by atoms with Gasteiger partial charge in [0.25, 0.3) is 0 Å². The van der Waals surface area contributed by atoms with E-state index in [1.165, 1.54) is 0 Å². The smallest absolute Gasteiger partial charge is 0 e. The number of hydrogen-bond acceptors (Lipinski definition) is 1. The van der Waals surface area contributed by atoms with E-state index in [-0.39, 0.29) is 27.3 Å². The van der Waals surface area contributed by atoms with Gasteiger partial charge in [0.05, 0.1) is 0 Å². The molecular formula is C3H9NPb. The van der Waals surface area contributed by atoms with E-state index in [1.54, 1.807) is 0 Å². The van der Waals surface area contributed by atoms with Crippen molar-refractivity contribution in [3.05, 3.63) is 0 Å². The Labute approximate surface area is 53.5 Å². The molecule has 1 nitrogen and oxygen atoms in total. The van der Waals surface area contributed by atoms with Crippen molar-refractivity contribution in [3.63, 3.8) is 0 Å². The molecule has 5 heavy (non-hydrogen) atoms. The van der Waals surface area contributed by atoms with Crippen LogP contribution in [0, 0.1) is 0 Å². The number of hydrogen-bond donors (Lipinski definition) is 0. The molecular weight excluding hydrogens is 257 g/mol. The summed E-state index contributed by atoms with van der Waals surface area (Å²) < 4.78 is 0. The monoisotopic (exact) mass is 267 g/mol. The maximum absolute atomic E-state index is 2.00. The molecule has 0 heterocycles. The normalized spacial score (nSPS) is 7.20. The third-order valence-corrected chi connectivity index (χ3v) is 0. The molecule has 0 aromatic rings. The molecule has 0 spiro atoms. The molecule has 0 aliphatic heterocycles. The van der Waals surface area contributed by atoms with E-state index >= 15 is 0 Å². The zero-order valence-electron chi connectivity index (χ0n) is 3.95. The van der Waals surface area contributed by atoms with E-state index in [1.807, 2.05) is 26.0 Å². The van der Waals surface area contributed by atoms with E-state index < -0.39 is 0 Å². The summed E-state index contributed by atoms with van der Waals surface area (Å²) in [7, 11) is 6.00. The summed E-state index contributed by atoms with van der Waals surface area (Å²) in [5, 5.41) is 0. The van der Waals surface area contributed by atoms with Gasteiger partial charge in [-0.25, -0.2) is 0 Å². The fourth-order valence-corrected chi connectivity index (χ4v) is 0. The molecule has 2 heteroatoms. The second-order valence-corrected chi connectivity index (χ2v) is 1.34. The van der Waals surface area contributed by atoms with Gasteiger partial charge in [0, 0.05) is 27.3 Å². The first-order valence-corrected chi connectivity index (χ1v) is 1.34. The van der Waals surface area contributed by atoms with Crippen LogP contribution in [0.5, 0.6) is 0 Å². The van der Waals surface area contributed by atoms with Gasteiger partial charge in [-0.1, -0.05) is 0 Å². The molecule has 30 valence electrons. The van der Waals surface area contributed by atoms with Crippen molar-refractivity contribution in [3.8, 4) is 0 Å². The topological polar surface area (TPSA) is 3.24 Å². The maximum atomic E-state index is 2.00. The van der Waals surface area contributed by atoms with Crippen molar-refractivity contribution in [1.29, 1.82) is 0 Å². The summed E-state index contributed by atoms with van der Waals surface area (Å²) >= 11 is 0. The van der Waals surface area contributed by atoms with Gasteiger partial charge in [-0.05, 0) is 21.1 Å². The van der Waals surface area contributed by atoms with Crippen molar-refractivity contribution >= 4 is 27.3 Å². The minimum absolute atomic E-state index is 0. The van der Waals surface area contributed by atoms with Gasteiger partial charge in [-0.3, -0.25) is 0 Å². The molecule has 4 radical (unpaired) electrons. The summed E-state index contributed by atoms with van der Waals surface area (Å²) in [6.45, 7) is 0. The molecule has 0 N–H and O–H groups in total. The van der Waals surface area contributed by atoms with Gasteiger partial charge in [0.1, 0.15) is 0 Å². The van der Waals surface area contributed by atoms with Crippen LogP contribution in [0.4, 0.5) is 0 Å². The Morgan fingerprint density at radius 2 is 1.00 bits per heavy atom. The summed E-state index contributed by atoms with van der Waals surface area (Å²) in [6.07, 6.45) is 0. The van der Waals surface area contributed by atoms with E-state index in [4.69, 9.17) is 0 Å². The van der Waals surface area contributed by atoms with Crippen LogP contribution in [0.2, 0.25) is 0 Å². The first-order valence-electron chi connectivity index (χ1n) is 1.34. The van der Waals surface area contributed by atoms with Gasteiger partial charge in [-0.15, -0.1) is 0 Å². The third kappa shape index (κ3) is 52.1. The maximum Gasteiger partial charge on any atom is 0 e. The SMILES string of the molecule is CN(C)C.[Pb]. The van der Waals surface area contributed by atoms with Crippen molar-refractivity contribution < 1.29 is 0 Å². The molecule has 0 aromatic heterocycles. The van der Waals surface area contributed by atoms with Crippen LogP contribution in [-0.2, 0) is 0 Å². The van der Waals surface area contributed by atoms with Gasteiger partial charge in [-0.2, -0.15) is 0 Å². The summed E-state index contributed by atoms with van der Waals surface area (Å²) in [4.78, 5) is 2.00. The van der Waals surface area contributed by atoms with Crippen LogP contribution in [-0.4, -0.2) is 53.3 Å². The minimum Gasteiger partial charge on any atom is -0.312 e. The quantitative estimate of drug-likeness (QED) is 0.549. The molecule has 0 rings (SSSR count). The number of nitrogens with zero attached hydrogens (tertiary/aromatic N) is 1. The minimum atomic E-state index is 0. The van der Waals surface area contributed by atoms with E-state index in [2.05, 4.69) is 0 Å². The van der Waals surface area contributed by atoms with Crippen LogP contribution >= 0.6 is 0 Å². The van der Waals surface area contributed by atoms with E-state index in [0.29, 0.717) is 0 Å². The van der Waals surface area contributed by atoms with Crippen LogP contribution in [0.1, 0.15) is 0 Å². The predicted octanol–water partition coefficient (Wildman–Crippen LogP) is -0.203. The van der Waals surface area contributed by atoms with Gasteiger partial charge in [0.15, 0.2) is 0 Å². The van der Waals surface area contributed by atoms with Crippen molar-refractivity contribution in [1.82, 2.24) is 4.90 Å². The molecule has 0 fully saturated rings. The van der Waals surface area contributed by atoms with Crippen LogP contribution in [0.3, 0.4) is 0 Å². The van der Waals surface area contributed by atoms with E-state index in [9.17, 15) is 0 Å². The molecule has 0 bridgehead atoms. The average molecular weight is 266 g/mol. The first-order chi connectivity index (χ1) is 1.73. The van der Waals surface area contributed by atoms with Crippen LogP contribution in [0.15, 0.2) is 0 Å². The molecule has 0 aromatic carbocycles. The Balaban J connectivity index is 0. The zero-order valence-corrected chi connectivity index (χ0v) is 7.83. The van der Waals surface area contributed by atoms with Gasteiger partial charge >= 0.3 is 0 Å². The standard InChI is InChI=1S/C3H9N.Pb/c1-4(2)3;/h1-3H3;. The molecule has 0 aliphatic rings. The van der Waals surface area contributed by atoms with Crippen molar-refractivity contribution in [2.45, 2.75) is 0 Å². The predicted molar refractivity (Wildman–Crippen MR) is 25.4 cm³/mol. The number of rotatable bonds is 0. The second-order valence-electron chi connectivity index (χ2n) is 1.34. The zero-order chi connectivity index (χ0) is 3.58. The Morgan fingerprint density at radius 3 is 1.00 bits per heavy atom. The Kier molecular flexibility index (Phi) is 9.08. The molecule has 0 saturated heterocycles. The van der Waals surface area contributed by atoms with Crippen molar-refractivity contribution in [2.75, 3.05) is 21.1 Å². The van der Waals surface area contributed by atoms with E-state index in [0.717, 1.165) is 0 Å². The first kappa shape index (κ1) is 9.30. The Hall–Kier alpha value is 0.882. The van der Waals surface area contributed by atoms with Crippen LogP contribution in [0.25, 0.3) is 0 Å². The van der Waals surface area contributed by atoms with Crippen LogP contribution < -0.4 is 0 Å². The van der Waals surface area contributed by atoms with Gasteiger partial charge in [0.2, 0.25) is 0 Å². The molecule has 0 amide bonds. The fraction of sp³-hybridized carbons (Fsp3) is 1.00. The fourth-order valence-electron chi connectivity index (χ4n) is 0. The average Bonchev–Trinajstić information content (AvgIpc) is 0.811. The second kappa shape index (κ2) is 4.88. The Bertz CT molecular complexity index is 11.6. The molecule has 0 unspecified atom stereocenters. The summed E-state index contributed by atoms with van der Waals surface area (Å²) in [5.41, 5.74) is 0. The molecule has 0 saturated carbocycles. The third-order valence-electron chi connectivity index (χ3n) is 0. The summed E-state index contributed by atoms with van der Waals surface area (Å²) in [5.74, 6) is 0. The largest absolute Gasteiger partial charge is 0.312 e. The molecule has 0 atom stereocenters. The van der Waals surface area contributed by atoms with Crippen molar-refractivity contribution in [2.24, 2.45) is 0 Å². The summed E-state index contributed by atoms with van der Waals surface area (Å²) in [6, 6.07) is 0. The Morgan fingerprint density at radius 1 is 1.00 bits per heavy atom.